The molecule has 1 N–H and O–H groups in total. The number of aromatic nitrogens is 1. The molecule has 0 radical (unpaired) electrons. The van der Waals surface area contributed by atoms with Crippen LogP contribution in [0.4, 0.5) is 0 Å². The quantitative estimate of drug-likeness (QED) is 0.898. The first kappa shape index (κ1) is 13.6. The Labute approximate surface area is 113 Å². The van der Waals surface area contributed by atoms with Gasteiger partial charge in [0.15, 0.2) is 5.76 Å². The molecule has 0 bridgehead atoms. The second-order valence-electron chi connectivity index (χ2n) is 4.81. The standard InChI is InChI=1S/C15H20N2O2/c1-10-5-13(8-16-4)6-11(2)15(10)18-9-14-7-12(3)17-19-14/h5-7,16H,8-9H2,1-4H3. The molecule has 0 unspecified atom stereocenters. The first-order chi connectivity index (χ1) is 9.10. The Balaban J connectivity index is 2.11. The summed E-state index contributed by atoms with van der Waals surface area (Å²) < 4.78 is 11.0. The molecule has 0 fully saturated rings. The van der Waals surface area contributed by atoms with Gasteiger partial charge in [0.2, 0.25) is 0 Å². The largest absolute Gasteiger partial charge is 0.485 e. The zero-order valence-corrected chi connectivity index (χ0v) is 11.9. The summed E-state index contributed by atoms with van der Waals surface area (Å²) in [6.07, 6.45) is 0. The van der Waals surface area contributed by atoms with Crippen molar-refractivity contribution in [3.05, 3.63) is 46.3 Å². The van der Waals surface area contributed by atoms with E-state index < -0.39 is 0 Å². The zero-order valence-electron chi connectivity index (χ0n) is 11.9. The Morgan fingerprint density at radius 1 is 1.16 bits per heavy atom. The summed E-state index contributed by atoms with van der Waals surface area (Å²) in [6.45, 7) is 7.30. The highest BCUT2D eigenvalue weighted by Gasteiger charge is 2.08. The van der Waals surface area contributed by atoms with E-state index in [1.54, 1.807) is 0 Å². The lowest BCUT2D eigenvalue weighted by atomic mass is 10.1. The number of nitrogens with zero attached hydrogens (tertiary/aromatic N) is 1. The minimum absolute atomic E-state index is 0.411. The van der Waals surface area contributed by atoms with E-state index in [2.05, 4.69) is 36.5 Å². The van der Waals surface area contributed by atoms with Crippen molar-refractivity contribution in [2.24, 2.45) is 0 Å². The smallest absolute Gasteiger partial charge is 0.174 e. The maximum atomic E-state index is 5.85. The number of hydrogen-bond acceptors (Lipinski definition) is 4. The summed E-state index contributed by atoms with van der Waals surface area (Å²) in [5.74, 6) is 1.67. The van der Waals surface area contributed by atoms with E-state index in [0.29, 0.717) is 6.61 Å². The first-order valence-corrected chi connectivity index (χ1v) is 6.40. The third kappa shape index (κ3) is 3.35. The van der Waals surface area contributed by atoms with Crippen LogP contribution < -0.4 is 10.1 Å². The van der Waals surface area contributed by atoms with Crippen molar-refractivity contribution in [1.82, 2.24) is 10.5 Å². The number of rotatable bonds is 5. The van der Waals surface area contributed by atoms with Crippen LogP contribution in [0.15, 0.2) is 22.7 Å². The topological polar surface area (TPSA) is 47.3 Å². The summed E-state index contributed by atoms with van der Waals surface area (Å²) in [6, 6.07) is 6.18. The molecule has 102 valence electrons. The molecule has 0 amide bonds. The van der Waals surface area contributed by atoms with Crippen LogP contribution >= 0.6 is 0 Å². The van der Waals surface area contributed by atoms with Crippen LogP contribution in [0.3, 0.4) is 0 Å². The van der Waals surface area contributed by atoms with E-state index in [0.717, 1.165) is 34.9 Å². The molecule has 0 aliphatic rings. The first-order valence-electron chi connectivity index (χ1n) is 6.40. The van der Waals surface area contributed by atoms with Crippen molar-refractivity contribution >= 4 is 0 Å². The molecule has 0 aliphatic heterocycles. The van der Waals surface area contributed by atoms with Crippen molar-refractivity contribution in [1.29, 1.82) is 0 Å². The molecule has 0 aliphatic carbocycles. The summed E-state index contributed by atoms with van der Waals surface area (Å²) in [5, 5.41) is 7.00. The van der Waals surface area contributed by atoms with Crippen LogP contribution in [0.25, 0.3) is 0 Å². The fraction of sp³-hybridized carbons (Fsp3) is 0.400. The normalized spacial score (nSPS) is 10.7. The summed E-state index contributed by atoms with van der Waals surface area (Å²) >= 11 is 0. The van der Waals surface area contributed by atoms with Crippen molar-refractivity contribution in [3.8, 4) is 5.75 Å². The minimum atomic E-state index is 0.411. The second-order valence-corrected chi connectivity index (χ2v) is 4.81. The van der Waals surface area contributed by atoms with E-state index in [-0.39, 0.29) is 0 Å². The van der Waals surface area contributed by atoms with Crippen LogP contribution in [-0.4, -0.2) is 12.2 Å². The Bertz CT molecular complexity index is 538. The van der Waals surface area contributed by atoms with Crippen LogP contribution in [0.2, 0.25) is 0 Å². The maximum absolute atomic E-state index is 5.85. The molecular formula is C15H20N2O2. The Morgan fingerprint density at radius 2 is 1.84 bits per heavy atom. The SMILES string of the molecule is CNCc1cc(C)c(OCc2cc(C)no2)c(C)c1. The van der Waals surface area contributed by atoms with Gasteiger partial charge in [0.25, 0.3) is 0 Å². The van der Waals surface area contributed by atoms with E-state index in [1.165, 1.54) is 5.56 Å². The van der Waals surface area contributed by atoms with Crippen molar-refractivity contribution in [2.75, 3.05) is 7.05 Å². The van der Waals surface area contributed by atoms with Gasteiger partial charge in [0.1, 0.15) is 12.4 Å². The van der Waals surface area contributed by atoms with Crippen LogP contribution in [-0.2, 0) is 13.2 Å². The molecule has 0 saturated heterocycles. The molecular weight excluding hydrogens is 240 g/mol. The van der Waals surface area contributed by atoms with Gasteiger partial charge in [-0.25, -0.2) is 0 Å². The van der Waals surface area contributed by atoms with E-state index in [9.17, 15) is 0 Å². The Kier molecular flexibility index (Phi) is 4.22. The molecule has 4 heteroatoms. The van der Waals surface area contributed by atoms with Gasteiger partial charge < -0.3 is 14.6 Å². The lowest BCUT2D eigenvalue weighted by Crippen LogP contribution is -2.06. The van der Waals surface area contributed by atoms with Gasteiger partial charge in [-0.05, 0) is 44.5 Å². The highest BCUT2D eigenvalue weighted by atomic mass is 16.5. The number of benzene rings is 1. The molecule has 1 heterocycles. The van der Waals surface area contributed by atoms with Gasteiger partial charge in [0, 0.05) is 12.6 Å². The van der Waals surface area contributed by atoms with E-state index in [1.807, 2.05) is 20.0 Å². The Hall–Kier alpha value is -1.81. The zero-order chi connectivity index (χ0) is 13.8. The van der Waals surface area contributed by atoms with Crippen molar-refractivity contribution in [2.45, 2.75) is 33.9 Å². The van der Waals surface area contributed by atoms with Crippen molar-refractivity contribution in [3.63, 3.8) is 0 Å². The monoisotopic (exact) mass is 260 g/mol. The number of nitrogens with one attached hydrogen (secondary N) is 1. The van der Waals surface area contributed by atoms with Crippen molar-refractivity contribution < 1.29 is 9.26 Å². The van der Waals surface area contributed by atoms with Gasteiger partial charge in [-0.1, -0.05) is 17.3 Å². The summed E-state index contributed by atoms with van der Waals surface area (Å²) in [7, 11) is 1.95. The molecule has 2 aromatic rings. The van der Waals surface area contributed by atoms with Gasteiger partial charge >= 0.3 is 0 Å². The van der Waals surface area contributed by atoms with Gasteiger partial charge in [-0.3, -0.25) is 0 Å². The summed E-state index contributed by atoms with van der Waals surface area (Å²) in [4.78, 5) is 0. The van der Waals surface area contributed by atoms with Crippen LogP contribution in [0, 0.1) is 20.8 Å². The molecule has 19 heavy (non-hydrogen) atoms. The average molecular weight is 260 g/mol. The molecule has 0 saturated carbocycles. The maximum Gasteiger partial charge on any atom is 0.174 e. The number of ether oxygens (including phenoxy) is 1. The third-order valence-electron chi connectivity index (χ3n) is 2.94. The molecule has 0 spiro atoms. The van der Waals surface area contributed by atoms with Gasteiger partial charge in [-0.2, -0.15) is 0 Å². The molecule has 0 atom stereocenters. The lowest BCUT2D eigenvalue weighted by Gasteiger charge is -2.13. The molecule has 1 aromatic carbocycles. The van der Waals surface area contributed by atoms with Crippen LogP contribution in [0.1, 0.15) is 28.1 Å². The molecule has 4 nitrogen and oxygen atoms in total. The Morgan fingerprint density at radius 3 is 2.37 bits per heavy atom. The third-order valence-corrected chi connectivity index (χ3v) is 2.94. The predicted octanol–water partition coefficient (Wildman–Crippen LogP) is 2.90. The highest BCUT2D eigenvalue weighted by molar-refractivity contribution is 5.43. The molecule has 1 aromatic heterocycles. The van der Waals surface area contributed by atoms with Gasteiger partial charge in [-0.15, -0.1) is 0 Å². The van der Waals surface area contributed by atoms with Crippen LogP contribution in [0.5, 0.6) is 5.75 Å². The fourth-order valence-electron chi connectivity index (χ4n) is 2.20. The highest BCUT2D eigenvalue weighted by Crippen LogP contribution is 2.25. The van der Waals surface area contributed by atoms with E-state index >= 15 is 0 Å². The summed E-state index contributed by atoms with van der Waals surface area (Å²) in [5.41, 5.74) is 4.42. The minimum Gasteiger partial charge on any atom is -0.485 e. The van der Waals surface area contributed by atoms with E-state index in [4.69, 9.17) is 9.26 Å². The number of aryl methyl sites for hydroxylation is 3. The molecule has 2 rings (SSSR count). The average Bonchev–Trinajstić information content (AvgIpc) is 2.74. The lowest BCUT2D eigenvalue weighted by molar-refractivity contribution is 0.246. The van der Waals surface area contributed by atoms with Gasteiger partial charge in [0.05, 0.1) is 5.69 Å². The second kappa shape index (κ2) is 5.89. The predicted molar refractivity (Wildman–Crippen MR) is 74.3 cm³/mol. The number of hydrogen-bond donors (Lipinski definition) is 1. The fourth-order valence-corrected chi connectivity index (χ4v) is 2.20.